The highest BCUT2D eigenvalue weighted by Gasteiger charge is 2.24. The molecule has 0 radical (unpaired) electrons. The molecule has 0 saturated heterocycles. The lowest BCUT2D eigenvalue weighted by molar-refractivity contribution is 0.454. The Hall–Kier alpha value is -2.00. The minimum Gasteiger partial charge on any atom is -0.437 e. The number of pyridine rings is 1. The number of hydrogen-bond acceptors (Lipinski definition) is 6. The van der Waals surface area contributed by atoms with Crippen LogP contribution in [-0.4, -0.2) is 40.4 Å². The third-order valence-corrected chi connectivity index (χ3v) is 6.23. The van der Waals surface area contributed by atoms with E-state index in [0.29, 0.717) is 28.4 Å². The predicted molar refractivity (Wildman–Crippen MR) is 106 cm³/mol. The molecular weight excluding hydrogens is 432 g/mol. The number of benzene rings is 1. The van der Waals surface area contributed by atoms with Gasteiger partial charge in [0.2, 0.25) is 5.88 Å². The van der Waals surface area contributed by atoms with Crippen molar-refractivity contribution in [2.24, 2.45) is 5.92 Å². The number of aryl methyl sites for hydroxylation is 1. The van der Waals surface area contributed by atoms with E-state index in [1.54, 1.807) is 12.3 Å². The van der Waals surface area contributed by atoms with Gasteiger partial charge in [0.05, 0.1) is 15.7 Å². The summed E-state index contributed by atoms with van der Waals surface area (Å²) >= 11 is 3.57. The number of sulfone groups is 1. The lowest BCUT2D eigenvalue weighted by Crippen LogP contribution is -2.07. The van der Waals surface area contributed by atoms with Crippen LogP contribution in [0.1, 0.15) is 18.4 Å². The molecule has 0 spiro atoms. The predicted octanol–water partition coefficient (Wildman–Crippen LogP) is 3.38. The maximum atomic E-state index is 11.5. The third-order valence-electron chi connectivity index (χ3n) is 4.52. The largest absolute Gasteiger partial charge is 0.437 e. The van der Waals surface area contributed by atoms with E-state index in [0.717, 1.165) is 23.1 Å². The molecule has 1 aliphatic carbocycles. The Morgan fingerprint density at radius 3 is 2.85 bits per heavy atom. The Bertz CT molecular complexity index is 1090. The van der Waals surface area contributed by atoms with E-state index in [-0.39, 0.29) is 5.75 Å². The average Bonchev–Trinajstić information content (AvgIpc) is 3.34. The van der Waals surface area contributed by atoms with E-state index in [1.165, 1.54) is 19.1 Å². The second kappa shape index (κ2) is 7.20. The summed E-state index contributed by atoms with van der Waals surface area (Å²) in [6.45, 7) is 0.888. The van der Waals surface area contributed by atoms with E-state index in [2.05, 4.69) is 31.2 Å². The molecule has 4 rings (SSSR count). The van der Waals surface area contributed by atoms with Crippen LogP contribution < -0.4 is 4.74 Å². The second-order valence-corrected chi connectivity index (χ2v) is 9.96. The van der Waals surface area contributed by atoms with Gasteiger partial charge in [0.25, 0.3) is 0 Å². The molecule has 1 saturated carbocycles. The van der Waals surface area contributed by atoms with Crippen molar-refractivity contribution >= 4 is 36.8 Å². The average molecular weight is 451 g/mol. The Labute approximate surface area is 165 Å². The first kappa shape index (κ1) is 18.4. The molecule has 0 amide bonds. The summed E-state index contributed by atoms with van der Waals surface area (Å²) in [5.41, 5.74) is 2.44. The van der Waals surface area contributed by atoms with Crippen LogP contribution in [0.4, 0.5) is 0 Å². The van der Waals surface area contributed by atoms with Crippen molar-refractivity contribution in [2.45, 2.75) is 25.8 Å². The molecule has 0 aliphatic heterocycles. The number of fused-ring (bicyclic) bond motifs is 1. The van der Waals surface area contributed by atoms with Crippen molar-refractivity contribution in [3.63, 3.8) is 0 Å². The number of rotatable bonds is 7. The summed E-state index contributed by atoms with van der Waals surface area (Å²) in [6, 6.07) is 7.39. The van der Waals surface area contributed by atoms with Gasteiger partial charge in [-0.25, -0.2) is 18.1 Å². The van der Waals surface area contributed by atoms with Crippen molar-refractivity contribution in [1.82, 2.24) is 20.0 Å². The molecule has 142 valence electrons. The molecular formula is C18H19BrN4O3S. The van der Waals surface area contributed by atoms with E-state index in [4.69, 9.17) is 4.74 Å². The first-order chi connectivity index (χ1) is 12.9. The van der Waals surface area contributed by atoms with E-state index in [9.17, 15) is 8.42 Å². The molecule has 27 heavy (non-hydrogen) atoms. The lowest BCUT2D eigenvalue weighted by Gasteiger charge is -2.11. The van der Waals surface area contributed by atoms with Crippen LogP contribution in [0.3, 0.4) is 0 Å². The normalized spacial score (nSPS) is 14.6. The monoisotopic (exact) mass is 450 g/mol. The third kappa shape index (κ3) is 4.30. The summed E-state index contributed by atoms with van der Waals surface area (Å²) < 4.78 is 31.6. The zero-order valence-electron chi connectivity index (χ0n) is 14.8. The number of nitrogens with zero attached hydrogens (tertiary/aromatic N) is 4. The summed E-state index contributed by atoms with van der Waals surface area (Å²) in [5, 5.41) is 8.54. The molecule has 0 atom stereocenters. The fourth-order valence-electron chi connectivity index (χ4n) is 2.85. The van der Waals surface area contributed by atoms with Crippen LogP contribution in [-0.2, 0) is 22.8 Å². The summed E-state index contributed by atoms with van der Waals surface area (Å²) in [6.07, 6.45) is 5.69. The number of hydrogen-bond donors (Lipinski definition) is 0. The SMILES string of the molecule is CS(=O)(=O)CCc1cccnc1Oc1ccc2c(nnn2CC2CC2)c1Br. The van der Waals surface area contributed by atoms with Crippen LogP contribution in [0.15, 0.2) is 34.9 Å². The minimum absolute atomic E-state index is 0.0464. The summed E-state index contributed by atoms with van der Waals surface area (Å²) in [7, 11) is -3.06. The van der Waals surface area contributed by atoms with Crippen LogP contribution in [0.25, 0.3) is 11.0 Å². The first-order valence-corrected chi connectivity index (χ1v) is 11.6. The van der Waals surface area contributed by atoms with Crippen molar-refractivity contribution < 1.29 is 13.2 Å². The van der Waals surface area contributed by atoms with Gasteiger partial charge in [-0.15, -0.1) is 5.10 Å². The van der Waals surface area contributed by atoms with Crippen LogP contribution in [0.5, 0.6) is 11.6 Å². The van der Waals surface area contributed by atoms with Gasteiger partial charge in [-0.2, -0.15) is 0 Å². The quantitative estimate of drug-likeness (QED) is 0.548. The molecule has 1 fully saturated rings. The maximum Gasteiger partial charge on any atom is 0.222 e. The fraction of sp³-hybridized carbons (Fsp3) is 0.389. The van der Waals surface area contributed by atoms with Gasteiger partial charge in [0.15, 0.2) is 0 Å². The van der Waals surface area contributed by atoms with Crippen molar-refractivity contribution in [1.29, 1.82) is 0 Å². The minimum atomic E-state index is -3.06. The lowest BCUT2D eigenvalue weighted by atomic mass is 10.2. The van der Waals surface area contributed by atoms with E-state index in [1.807, 2.05) is 22.9 Å². The summed E-state index contributed by atoms with van der Waals surface area (Å²) in [4.78, 5) is 4.27. The molecule has 0 bridgehead atoms. The van der Waals surface area contributed by atoms with Gasteiger partial charge in [-0.1, -0.05) is 11.3 Å². The van der Waals surface area contributed by atoms with Gasteiger partial charge in [0.1, 0.15) is 21.1 Å². The topological polar surface area (TPSA) is 87.0 Å². The molecule has 9 heteroatoms. The molecule has 1 aromatic carbocycles. The van der Waals surface area contributed by atoms with Gasteiger partial charge in [0, 0.05) is 24.6 Å². The first-order valence-electron chi connectivity index (χ1n) is 8.72. The zero-order valence-corrected chi connectivity index (χ0v) is 17.2. The fourth-order valence-corrected chi connectivity index (χ4v) is 3.94. The zero-order chi connectivity index (χ0) is 19.0. The van der Waals surface area contributed by atoms with Gasteiger partial charge >= 0.3 is 0 Å². The standard InChI is InChI=1S/C18H19BrN4O3S/c1-27(24,25)10-8-13-3-2-9-20-18(13)26-15-7-6-14-17(16(15)19)21-22-23(14)11-12-4-5-12/h2-3,6-7,9,12H,4-5,8,10-11H2,1H3. The Morgan fingerprint density at radius 1 is 1.30 bits per heavy atom. The molecule has 7 nitrogen and oxygen atoms in total. The van der Waals surface area contributed by atoms with Gasteiger partial charge in [-0.3, -0.25) is 0 Å². The van der Waals surface area contributed by atoms with Crippen molar-refractivity contribution in [3.05, 3.63) is 40.5 Å². The Kier molecular flexibility index (Phi) is 4.90. The van der Waals surface area contributed by atoms with Gasteiger partial charge < -0.3 is 4.74 Å². The smallest absolute Gasteiger partial charge is 0.222 e. The second-order valence-electron chi connectivity index (χ2n) is 6.91. The number of halogens is 1. The van der Waals surface area contributed by atoms with Gasteiger partial charge in [-0.05, 0) is 59.3 Å². The molecule has 3 aromatic rings. The molecule has 0 unspecified atom stereocenters. The molecule has 2 heterocycles. The number of aromatic nitrogens is 4. The van der Waals surface area contributed by atoms with E-state index >= 15 is 0 Å². The Balaban J connectivity index is 1.61. The molecule has 2 aromatic heterocycles. The Morgan fingerprint density at radius 2 is 2.11 bits per heavy atom. The summed E-state index contributed by atoms with van der Waals surface area (Å²) in [5.74, 6) is 1.72. The highest BCUT2D eigenvalue weighted by Crippen LogP contribution is 2.36. The van der Waals surface area contributed by atoms with Crippen LogP contribution >= 0.6 is 15.9 Å². The highest BCUT2D eigenvalue weighted by atomic mass is 79.9. The highest BCUT2D eigenvalue weighted by molar-refractivity contribution is 9.10. The van der Waals surface area contributed by atoms with E-state index < -0.39 is 9.84 Å². The molecule has 0 N–H and O–H groups in total. The molecule has 1 aliphatic rings. The van der Waals surface area contributed by atoms with Crippen LogP contribution in [0.2, 0.25) is 0 Å². The van der Waals surface area contributed by atoms with Crippen LogP contribution in [0, 0.1) is 5.92 Å². The maximum absolute atomic E-state index is 11.5. The van der Waals surface area contributed by atoms with Crippen molar-refractivity contribution in [2.75, 3.05) is 12.0 Å². The van der Waals surface area contributed by atoms with Crippen molar-refractivity contribution in [3.8, 4) is 11.6 Å². The number of ether oxygens (including phenoxy) is 1.